The summed E-state index contributed by atoms with van der Waals surface area (Å²) in [5, 5.41) is 3.41. The summed E-state index contributed by atoms with van der Waals surface area (Å²) in [6.07, 6.45) is 4.60. The third kappa shape index (κ3) is 3.67. The molecule has 0 amide bonds. The van der Waals surface area contributed by atoms with Gasteiger partial charge in [-0.25, -0.2) is 4.98 Å². The van der Waals surface area contributed by atoms with Crippen molar-refractivity contribution in [3.8, 4) is 0 Å². The molecule has 0 saturated carbocycles. The molecule has 1 aliphatic rings. The fourth-order valence-corrected chi connectivity index (χ4v) is 2.58. The smallest absolute Gasteiger partial charge is 0.131 e. The molecule has 0 spiro atoms. The zero-order valence-corrected chi connectivity index (χ0v) is 12.3. The van der Waals surface area contributed by atoms with E-state index in [9.17, 15) is 0 Å². The Morgan fingerprint density at radius 1 is 1.53 bits per heavy atom. The predicted octanol–water partition coefficient (Wildman–Crippen LogP) is 2.11. The van der Waals surface area contributed by atoms with Gasteiger partial charge < -0.3 is 15.0 Å². The van der Waals surface area contributed by atoms with Crippen molar-refractivity contribution in [3.05, 3.63) is 23.4 Å². The normalized spacial score (nSPS) is 19.1. The number of hydrogen-bond acceptors (Lipinski definition) is 4. The maximum absolute atomic E-state index is 5.41. The number of methoxy groups -OCH3 is 1. The highest BCUT2D eigenvalue weighted by molar-refractivity contribution is 5.48. The Hall–Kier alpha value is -1.13. The fraction of sp³-hybridized carbons (Fsp3) is 0.667. The molecular weight excluding hydrogens is 238 g/mol. The van der Waals surface area contributed by atoms with Gasteiger partial charge in [-0.15, -0.1) is 0 Å². The summed E-state index contributed by atoms with van der Waals surface area (Å²) >= 11 is 0. The highest BCUT2D eigenvalue weighted by Gasteiger charge is 2.24. The Balaban J connectivity index is 1.99. The van der Waals surface area contributed by atoms with Crippen LogP contribution in [0.15, 0.2) is 12.3 Å². The van der Waals surface area contributed by atoms with Gasteiger partial charge >= 0.3 is 0 Å². The molecule has 1 aromatic heterocycles. The first-order valence-electron chi connectivity index (χ1n) is 7.18. The molecule has 0 aromatic carbocycles. The van der Waals surface area contributed by atoms with Crippen LogP contribution in [0.4, 0.5) is 5.82 Å². The minimum absolute atomic E-state index is 0.354. The summed E-state index contributed by atoms with van der Waals surface area (Å²) in [5.41, 5.74) is 2.52. The van der Waals surface area contributed by atoms with E-state index >= 15 is 0 Å². The summed E-state index contributed by atoms with van der Waals surface area (Å²) in [6, 6.07) is 2.24. The van der Waals surface area contributed by atoms with Crippen LogP contribution >= 0.6 is 0 Å². The lowest BCUT2D eigenvalue weighted by Crippen LogP contribution is -2.24. The standard InChI is InChI=1S/C15H25N3O/c1-4-6-16-9-13-8-12(2)15(17-10-13)18-7-5-14(11-18)19-3/h8,10,14,16H,4-7,9,11H2,1-3H3. The Morgan fingerprint density at radius 3 is 3.00 bits per heavy atom. The first-order chi connectivity index (χ1) is 9.24. The minimum Gasteiger partial charge on any atom is -0.380 e. The highest BCUT2D eigenvalue weighted by Crippen LogP contribution is 2.23. The van der Waals surface area contributed by atoms with Gasteiger partial charge in [0.25, 0.3) is 0 Å². The quantitative estimate of drug-likeness (QED) is 0.798. The Kier molecular flexibility index (Phi) is 5.16. The second kappa shape index (κ2) is 6.87. The molecule has 19 heavy (non-hydrogen) atoms. The van der Waals surface area contributed by atoms with Crippen LogP contribution in [0.2, 0.25) is 0 Å². The van der Waals surface area contributed by atoms with Crippen LogP contribution < -0.4 is 10.2 Å². The van der Waals surface area contributed by atoms with Gasteiger partial charge in [0.1, 0.15) is 5.82 Å². The second-order valence-corrected chi connectivity index (χ2v) is 5.25. The van der Waals surface area contributed by atoms with Gasteiger partial charge in [-0.05, 0) is 43.5 Å². The Labute approximate surface area is 116 Å². The maximum atomic E-state index is 5.41. The number of anilines is 1. The predicted molar refractivity (Wildman–Crippen MR) is 78.6 cm³/mol. The SMILES string of the molecule is CCCNCc1cnc(N2CCC(OC)C2)c(C)c1. The third-order valence-corrected chi connectivity index (χ3v) is 3.64. The van der Waals surface area contributed by atoms with Crippen LogP contribution in [0.25, 0.3) is 0 Å². The van der Waals surface area contributed by atoms with E-state index in [-0.39, 0.29) is 0 Å². The van der Waals surface area contributed by atoms with Crippen molar-refractivity contribution < 1.29 is 4.74 Å². The van der Waals surface area contributed by atoms with Gasteiger partial charge in [0, 0.05) is 32.9 Å². The summed E-state index contributed by atoms with van der Waals surface area (Å²) in [6.45, 7) is 8.29. The van der Waals surface area contributed by atoms with Crippen LogP contribution in [0.3, 0.4) is 0 Å². The zero-order valence-electron chi connectivity index (χ0n) is 12.3. The molecule has 0 aliphatic carbocycles. The second-order valence-electron chi connectivity index (χ2n) is 5.25. The molecule has 1 fully saturated rings. The van der Waals surface area contributed by atoms with E-state index in [4.69, 9.17) is 4.74 Å². The number of pyridine rings is 1. The summed E-state index contributed by atoms with van der Waals surface area (Å²) in [4.78, 5) is 6.96. The first-order valence-corrected chi connectivity index (χ1v) is 7.18. The van der Waals surface area contributed by atoms with E-state index < -0.39 is 0 Å². The monoisotopic (exact) mass is 263 g/mol. The van der Waals surface area contributed by atoms with Crippen LogP contribution in [-0.4, -0.2) is 37.8 Å². The van der Waals surface area contributed by atoms with Gasteiger partial charge in [-0.2, -0.15) is 0 Å². The average Bonchev–Trinajstić information content (AvgIpc) is 2.88. The highest BCUT2D eigenvalue weighted by atomic mass is 16.5. The van der Waals surface area contributed by atoms with Crippen molar-refractivity contribution in [3.63, 3.8) is 0 Å². The number of ether oxygens (including phenoxy) is 1. The van der Waals surface area contributed by atoms with Gasteiger partial charge in [0.05, 0.1) is 6.10 Å². The van der Waals surface area contributed by atoms with Crippen LogP contribution in [0, 0.1) is 6.92 Å². The topological polar surface area (TPSA) is 37.4 Å². The fourth-order valence-electron chi connectivity index (χ4n) is 2.58. The number of aryl methyl sites for hydroxylation is 1. The molecule has 0 bridgehead atoms. The van der Waals surface area contributed by atoms with E-state index in [0.717, 1.165) is 44.8 Å². The lowest BCUT2D eigenvalue weighted by Gasteiger charge is -2.20. The molecule has 4 nitrogen and oxygen atoms in total. The zero-order chi connectivity index (χ0) is 13.7. The molecule has 1 saturated heterocycles. The van der Waals surface area contributed by atoms with Gasteiger partial charge in [-0.3, -0.25) is 0 Å². The Bertz CT molecular complexity index is 408. The summed E-state index contributed by atoms with van der Waals surface area (Å²) < 4.78 is 5.41. The van der Waals surface area contributed by atoms with E-state index in [1.807, 2.05) is 6.20 Å². The van der Waals surface area contributed by atoms with Gasteiger partial charge in [0.15, 0.2) is 0 Å². The lowest BCUT2D eigenvalue weighted by atomic mass is 10.2. The van der Waals surface area contributed by atoms with E-state index in [0.29, 0.717) is 6.10 Å². The number of nitrogens with one attached hydrogen (secondary N) is 1. The number of nitrogens with zero attached hydrogens (tertiary/aromatic N) is 2. The third-order valence-electron chi connectivity index (χ3n) is 3.64. The summed E-state index contributed by atoms with van der Waals surface area (Å²) in [5.74, 6) is 1.11. The van der Waals surface area contributed by atoms with Crippen molar-refractivity contribution >= 4 is 5.82 Å². The maximum Gasteiger partial charge on any atom is 0.131 e. The average molecular weight is 263 g/mol. The molecule has 2 heterocycles. The van der Waals surface area contributed by atoms with E-state index in [2.05, 4.69) is 35.1 Å². The summed E-state index contributed by atoms with van der Waals surface area (Å²) in [7, 11) is 1.79. The van der Waals surface area contributed by atoms with Gasteiger partial charge in [0.2, 0.25) is 0 Å². The van der Waals surface area contributed by atoms with Crippen LogP contribution in [-0.2, 0) is 11.3 Å². The van der Waals surface area contributed by atoms with E-state index in [1.165, 1.54) is 11.1 Å². The first kappa shape index (κ1) is 14.3. The molecule has 0 radical (unpaired) electrons. The van der Waals surface area contributed by atoms with E-state index in [1.54, 1.807) is 7.11 Å². The van der Waals surface area contributed by atoms with Crippen molar-refractivity contribution in [2.24, 2.45) is 0 Å². The molecule has 1 atom stereocenters. The molecule has 1 aromatic rings. The molecule has 1 N–H and O–H groups in total. The lowest BCUT2D eigenvalue weighted by molar-refractivity contribution is 0.121. The van der Waals surface area contributed by atoms with Crippen LogP contribution in [0.5, 0.6) is 0 Å². The minimum atomic E-state index is 0.354. The molecule has 4 heteroatoms. The van der Waals surface area contributed by atoms with Crippen molar-refractivity contribution in [2.75, 3.05) is 31.6 Å². The van der Waals surface area contributed by atoms with Crippen molar-refractivity contribution in [1.29, 1.82) is 0 Å². The van der Waals surface area contributed by atoms with Gasteiger partial charge in [-0.1, -0.05) is 6.92 Å². The molecular formula is C15H25N3O. The molecule has 2 rings (SSSR count). The van der Waals surface area contributed by atoms with Crippen molar-refractivity contribution in [2.45, 2.75) is 39.3 Å². The molecule has 1 aliphatic heterocycles. The number of rotatable bonds is 6. The van der Waals surface area contributed by atoms with Crippen LogP contribution in [0.1, 0.15) is 30.9 Å². The molecule has 1 unspecified atom stereocenters. The molecule has 106 valence electrons. The number of hydrogen-bond donors (Lipinski definition) is 1. The number of aromatic nitrogens is 1. The Morgan fingerprint density at radius 2 is 2.37 bits per heavy atom. The van der Waals surface area contributed by atoms with Crippen molar-refractivity contribution in [1.82, 2.24) is 10.3 Å². The largest absolute Gasteiger partial charge is 0.380 e.